The Bertz CT molecular complexity index is 1040. The molecule has 0 spiro atoms. The molecule has 128 valence electrons. The lowest BCUT2D eigenvalue weighted by Crippen LogP contribution is -2.18. The SMILES string of the molecule is Cc1ccc(NC(=S)Nc2cccc(-c3nc4ccccc4o3)c2)cc1. The monoisotopic (exact) mass is 359 g/mol. The molecule has 0 fully saturated rings. The van der Waals surface area contributed by atoms with E-state index in [1.807, 2.05) is 72.8 Å². The van der Waals surface area contributed by atoms with Crippen LogP contribution in [0.4, 0.5) is 11.4 Å². The van der Waals surface area contributed by atoms with Crippen LogP contribution < -0.4 is 10.6 Å². The van der Waals surface area contributed by atoms with Gasteiger partial charge in [0.15, 0.2) is 10.7 Å². The molecule has 4 aromatic rings. The molecule has 0 atom stereocenters. The molecule has 0 saturated carbocycles. The maximum absolute atomic E-state index is 5.83. The van der Waals surface area contributed by atoms with Gasteiger partial charge in [-0.3, -0.25) is 0 Å². The molecule has 4 nitrogen and oxygen atoms in total. The number of fused-ring (bicyclic) bond motifs is 1. The third-order valence-electron chi connectivity index (χ3n) is 3.97. The first-order valence-electron chi connectivity index (χ1n) is 8.28. The summed E-state index contributed by atoms with van der Waals surface area (Å²) in [6, 6.07) is 23.6. The summed E-state index contributed by atoms with van der Waals surface area (Å²) in [5.41, 5.74) is 5.54. The van der Waals surface area contributed by atoms with Crippen LogP contribution in [0.25, 0.3) is 22.6 Å². The fourth-order valence-electron chi connectivity index (χ4n) is 2.66. The predicted octanol–water partition coefficient (Wildman–Crippen LogP) is 5.61. The Balaban J connectivity index is 1.51. The van der Waals surface area contributed by atoms with Crippen molar-refractivity contribution in [3.05, 3.63) is 78.4 Å². The molecule has 5 heteroatoms. The number of benzene rings is 3. The Kier molecular flexibility index (Phi) is 4.37. The van der Waals surface area contributed by atoms with E-state index in [0.29, 0.717) is 11.0 Å². The molecule has 1 heterocycles. The number of rotatable bonds is 3. The van der Waals surface area contributed by atoms with E-state index in [9.17, 15) is 0 Å². The highest BCUT2D eigenvalue weighted by Crippen LogP contribution is 2.26. The molecule has 4 rings (SSSR count). The molecule has 1 aromatic heterocycles. The van der Waals surface area contributed by atoms with Gasteiger partial charge in [-0.25, -0.2) is 4.98 Å². The van der Waals surface area contributed by atoms with E-state index in [-0.39, 0.29) is 0 Å². The first kappa shape index (κ1) is 16.3. The Labute approximate surface area is 156 Å². The summed E-state index contributed by atoms with van der Waals surface area (Å²) in [4.78, 5) is 4.54. The molecular weight excluding hydrogens is 342 g/mol. The number of aryl methyl sites for hydroxylation is 1. The number of hydrogen-bond acceptors (Lipinski definition) is 3. The van der Waals surface area contributed by atoms with Gasteiger partial charge in [0.25, 0.3) is 0 Å². The van der Waals surface area contributed by atoms with Crippen molar-refractivity contribution in [2.75, 3.05) is 10.6 Å². The van der Waals surface area contributed by atoms with E-state index in [0.717, 1.165) is 28.0 Å². The van der Waals surface area contributed by atoms with Gasteiger partial charge in [-0.2, -0.15) is 0 Å². The molecule has 0 aliphatic rings. The minimum atomic E-state index is 0.531. The maximum Gasteiger partial charge on any atom is 0.227 e. The van der Waals surface area contributed by atoms with Crippen LogP contribution in [0, 0.1) is 6.92 Å². The van der Waals surface area contributed by atoms with E-state index >= 15 is 0 Å². The second kappa shape index (κ2) is 6.98. The second-order valence-corrected chi connectivity index (χ2v) is 6.42. The van der Waals surface area contributed by atoms with E-state index < -0.39 is 0 Å². The lowest BCUT2D eigenvalue weighted by Gasteiger charge is -2.11. The third-order valence-corrected chi connectivity index (χ3v) is 4.17. The minimum absolute atomic E-state index is 0.531. The molecule has 0 saturated heterocycles. The number of thiocarbonyl (C=S) groups is 1. The Morgan fingerprint density at radius 1 is 0.885 bits per heavy atom. The highest BCUT2D eigenvalue weighted by molar-refractivity contribution is 7.80. The van der Waals surface area contributed by atoms with Gasteiger partial charge in [-0.05, 0) is 61.6 Å². The van der Waals surface area contributed by atoms with Crippen molar-refractivity contribution in [2.45, 2.75) is 6.92 Å². The zero-order chi connectivity index (χ0) is 17.9. The highest BCUT2D eigenvalue weighted by Gasteiger charge is 2.08. The summed E-state index contributed by atoms with van der Waals surface area (Å²) in [6.45, 7) is 2.05. The predicted molar refractivity (Wildman–Crippen MR) is 110 cm³/mol. The largest absolute Gasteiger partial charge is 0.436 e. The number of oxazole rings is 1. The van der Waals surface area contributed by atoms with Crippen LogP contribution in [-0.4, -0.2) is 10.1 Å². The van der Waals surface area contributed by atoms with Gasteiger partial charge in [0.1, 0.15) is 5.52 Å². The van der Waals surface area contributed by atoms with E-state index in [1.54, 1.807) is 0 Å². The third kappa shape index (κ3) is 3.58. The average Bonchev–Trinajstić information content (AvgIpc) is 3.08. The van der Waals surface area contributed by atoms with Crippen molar-refractivity contribution in [3.8, 4) is 11.5 Å². The van der Waals surface area contributed by atoms with Crippen LogP contribution >= 0.6 is 12.2 Å². The zero-order valence-corrected chi connectivity index (χ0v) is 15.0. The Morgan fingerprint density at radius 2 is 1.65 bits per heavy atom. The fraction of sp³-hybridized carbons (Fsp3) is 0.0476. The normalized spacial score (nSPS) is 10.7. The molecular formula is C21H17N3OS. The minimum Gasteiger partial charge on any atom is -0.436 e. The summed E-state index contributed by atoms with van der Waals surface area (Å²) < 4.78 is 5.83. The molecule has 0 bridgehead atoms. The van der Waals surface area contributed by atoms with Gasteiger partial charge in [0, 0.05) is 16.9 Å². The van der Waals surface area contributed by atoms with Crippen LogP contribution in [0.3, 0.4) is 0 Å². The molecule has 0 aliphatic heterocycles. The van der Waals surface area contributed by atoms with Crippen molar-refractivity contribution in [1.82, 2.24) is 4.98 Å². The molecule has 0 radical (unpaired) electrons. The van der Waals surface area contributed by atoms with Gasteiger partial charge in [-0.1, -0.05) is 35.9 Å². The molecule has 0 amide bonds. The molecule has 0 unspecified atom stereocenters. The van der Waals surface area contributed by atoms with Gasteiger partial charge in [0.05, 0.1) is 0 Å². The van der Waals surface area contributed by atoms with Crippen molar-refractivity contribution in [1.29, 1.82) is 0 Å². The lowest BCUT2D eigenvalue weighted by molar-refractivity contribution is 0.620. The van der Waals surface area contributed by atoms with Gasteiger partial charge < -0.3 is 15.1 Å². The number of hydrogen-bond donors (Lipinski definition) is 2. The molecule has 0 aliphatic carbocycles. The molecule has 26 heavy (non-hydrogen) atoms. The fourth-order valence-corrected chi connectivity index (χ4v) is 2.89. The van der Waals surface area contributed by atoms with Crippen LogP contribution in [0.1, 0.15) is 5.56 Å². The van der Waals surface area contributed by atoms with Crippen LogP contribution in [0.15, 0.2) is 77.2 Å². The van der Waals surface area contributed by atoms with E-state index in [4.69, 9.17) is 16.6 Å². The van der Waals surface area contributed by atoms with E-state index in [1.165, 1.54) is 5.56 Å². The van der Waals surface area contributed by atoms with Crippen molar-refractivity contribution in [2.24, 2.45) is 0 Å². The van der Waals surface area contributed by atoms with Crippen molar-refractivity contribution >= 4 is 39.8 Å². The van der Waals surface area contributed by atoms with Gasteiger partial charge in [0.2, 0.25) is 5.89 Å². The number of aromatic nitrogens is 1. The summed E-state index contributed by atoms with van der Waals surface area (Å²) in [5.74, 6) is 0.590. The zero-order valence-electron chi connectivity index (χ0n) is 14.2. The Hall–Kier alpha value is -3.18. The summed E-state index contributed by atoms with van der Waals surface area (Å²) in [5, 5.41) is 6.91. The van der Waals surface area contributed by atoms with Gasteiger partial charge in [-0.15, -0.1) is 0 Å². The second-order valence-electron chi connectivity index (χ2n) is 6.01. The van der Waals surface area contributed by atoms with Crippen LogP contribution in [-0.2, 0) is 0 Å². The van der Waals surface area contributed by atoms with Crippen LogP contribution in [0.2, 0.25) is 0 Å². The number of nitrogens with zero attached hydrogens (tertiary/aromatic N) is 1. The summed E-state index contributed by atoms with van der Waals surface area (Å²) in [6.07, 6.45) is 0. The number of anilines is 2. The first-order chi connectivity index (χ1) is 12.7. The topological polar surface area (TPSA) is 50.1 Å². The van der Waals surface area contributed by atoms with Crippen LogP contribution in [0.5, 0.6) is 0 Å². The smallest absolute Gasteiger partial charge is 0.227 e. The lowest BCUT2D eigenvalue weighted by atomic mass is 10.2. The Morgan fingerprint density at radius 3 is 2.46 bits per heavy atom. The summed E-state index contributed by atoms with van der Waals surface area (Å²) in [7, 11) is 0. The average molecular weight is 359 g/mol. The van der Waals surface area contributed by atoms with E-state index in [2.05, 4.69) is 22.5 Å². The van der Waals surface area contributed by atoms with Crippen molar-refractivity contribution < 1.29 is 4.42 Å². The summed E-state index contributed by atoms with van der Waals surface area (Å²) >= 11 is 5.40. The molecule has 3 aromatic carbocycles. The quantitative estimate of drug-likeness (QED) is 0.466. The maximum atomic E-state index is 5.83. The standard InChI is InChI=1S/C21H17N3OS/c1-14-9-11-16(12-10-14)22-21(26)23-17-6-4-5-15(13-17)20-24-18-7-2-3-8-19(18)25-20/h2-13H,1H3,(H2,22,23,26). The number of nitrogens with one attached hydrogen (secondary N) is 2. The molecule has 2 N–H and O–H groups in total. The highest BCUT2D eigenvalue weighted by atomic mass is 32.1. The van der Waals surface area contributed by atoms with Crippen molar-refractivity contribution in [3.63, 3.8) is 0 Å². The van der Waals surface area contributed by atoms with Gasteiger partial charge >= 0.3 is 0 Å². The number of para-hydroxylation sites is 2. The first-order valence-corrected chi connectivity index (χ1v) is 8.69.